The molecule has 11 heteroatoms. The molecule has 4 rings (SSSR count). The molecule has 162 valence electrons. The average molecular weight is 459 g/mol. The molecule has 0 radical (unpaired) electrons. The fourth-order valence-corrected chi connectivity index (χ4v) is 4.41. The quantitative estimate of drug-likeness (QED) is 0.566. The van der Waals surface area contributed by atoms with Gasteiger partial charge >= 0.3 is 6.03 Å². The van der Waals surface area contributed by atoms with Gasteiger partial charge in [0, 0.05) is 37.2 Å². The fraction of sp³-hybridized carbons (Fsp3) is 0.350. The molecule has 3 heterocycles. The second-order valence-corrected chi connectivity index (χ2v) is 8.94. The molecule has 0 atom stereocenters. The summed E-state index contributed by atoms with van der Waals surface area (Å²) in [6.45, 7) is 3.93. The highest BCUT2D eigenvalue weighted by molar-refractivity contribution is 7.99. The van der Waals surface area contributed by atoms with Gasteiger partial charge in [-0.3, -0.25) is 4.79 Å². The summed E-state index contributed by atoms with van der Waals surface area (Å²) in [7, 11) is 0. The van der Waals surface area contributed by atoms with Gasteiger partial charge in [-0.25, -0.2) is 9.78 Å². The first kappa shape index (κ1) is 21.3. The van der Waals surface area contributed by atoms with Gasteiger partial charge in [-0.1, -0.05) is 30.0 Å². The summed E-state index contributed by atoms with van der Waals surface area (Å²) in [6, 6.07) is 9.17. The molecule has 0 saturated carbocycles. The average Bonchev–Trinajstić information content (AvgIpc) is 3.41. The number of thioether (sulfide) groups is 1. The van der Waals surface area contributed by atoms with E-state index in [1.807, 2.05) is 42.6 Å². The zero-order chi connectivity index (χ0) is 21.6. The topological polar surface area (TPSA) is 104 Å². The number of amides is 3. The molecule has 1 aliphatic rings. The second kappa shape index (κ2) is 9.92. The van der Waals surface area contributed by atoms with Crippen molar-refractivity contribution in [1.29, 1.82) is 0 Å². The number of carbonyl (C=O) groups excluding carboxylic acids is 2. The van der Waals surface area contributed by atoms with Gasteiger partial charge < -0.3 is 19.5 Å². The summed E-state index contributed by atoms with van der Waals surface area (Å²) in [6.07, 6.45) is 0.485. The number of para-hydroxylation sites is 1. The van der Waals surface area contributed by atoms with Crippen LogP contribution in [0.2, 0.25) is 0 Å². The Labute approximate surface area is 187 Å². The van der Waals surface area contributed by atoms with Crippen molar-refractivity contribution in [3.05, 3.63) is 52.3 Å². The van der Waals surface area contributed by atoms with E-state index in [2.05, 4.69) is 20.5 Å². The fourth-order valence-electron chi connectivity index (χ4n) is 3.11. The summed E-state index contributed by atoms with van der Waals surface area (Å²) in [4.78, 5) is 32.8. The van der Waals surface area contributed by atoms with Crippen LogP contribution < -0.4 is 5.32 Å². The molecule has 0 spiro atoms. The highest BCUT2D eigenvalue weighted by Gasteiger charge is 2.24. The smallest absolute Gasteiger partial charge is 0.321 e. The van der Waals surface area contributed by atoms with E-state index in [9.17, 15) is 9.59 Å². The Hall–Kier alpha value is -2.92. The number of hydrogen-bond acceptors (Lipinski definition) is 8. The molecule has 0 bridgehead atoms. The summed E-state index contributed by atoms with van der Waals surface area (Å²) in [5, 5.41) is 14.2. The molecule has 0 aliphatic carbocycles. The lowest BCUT2D eigenvalue weighted by molar-refractivity contribution is -0.129. The Balaban J connectivity index is 1.20. The number of anilines is 1. The van der Waals surface area contributed by atoms with Crippen molar-refractivity contribution in [2.24, 2.45) is 0 Å². The van der Waals surface area contributed by atoms with E-state index in [1.165, 1.54) is 11.8 Å². The molecular weight excluding hydrogens is 436 g/mol. The second-order valence-electron chi connectivity index (χ2n) is 6.95. The molecule has 31 heavy (non-hydrogen) atoms. The Kier molecular flexibility index (Phi) is 6.82. The van der Waals surface area contributed by atoms with Gasteiger partial charge in [0.25, 0.3) is 5.22 Å². The molecule has 1 saturated heterocycles. The summed E-state index contributed by atoms with van der Waals surface area (Å²) < 4.78 is 5.61. The zero-order valence-corrected chi connectivity index (χ0v) is 18.6. The van der Waals surface area contributed by atoms with Crippen molar-refractivity contribution in [2.45, 2.75) is 18.6 Å². The van der Waals surface area contributed by atoms with Crippen molar-refractivity contribution in [2.75, 3.05) is 37.2 Å². The molecule has 1 N–H and O–H groups in total. The first-order valence-electron chi connectivity index (χ1n) is 9.82. The van der Waals surface area contributed by atoms with Crippen LogP contribution in [0.25, 0.3) is 0 Å². The number of nitrogens with zero attached hydrogens (tertiary/aromatic N) is 5. The van der Waals surface area contributed by atoms with Gasteiger partial charge in [-0.2, -0.15) is 0 Å². The van der Waals surface area contributed by atoms with Gasteiger partial charge in [0.05, 0.1) is 22.9 Å². The van der Waals surface area contributed by atoms with E-state index in [4.69, 9.17) is 4.42 Å². The lowest BCUT2D eigenvalue weighted by atomic mass is 10.3. The van der Waals surface area contributed by atoms with Crippen LogP contribution in [-0.2, 0) is 11.2 Å². The predicted octanol–water partition coefficient (Wildman–Crippen LogP) is 2.89. The van der Waals surface area contributed by atoms with Crippen LogP contribution in [0.4, 0.5) is 10.5 Å². The number of aryl methyl sites for hydroxylation is 1. The zero-order valence-electron chi connectivity index (χ0n) is 17.0. The molecule has 3 aromatic rings. The minimum Gasteiger partial charge on any atom is -0.416 e. The number of piperazine rings is 1. The van der Waals surface area contributed by atoms with Gasteiger partial charge in [0.1, 0.15) is 0 Å². The van der Waals surface area contributed by atoms with Crippen molar-refractivity contribution in [3.8, 4) is 0 Å². The van der Waals surface area contributed by atoms with Crippen molar-refractivity contribution in [3.63, 3.8) is 0 Å². The third kappa shape index (κ3) is 5.82. The highest BCUT2D eigenvalue weighted by atomic mass is 32.2. The summed E-state index contributed by atoms with van der Waals surface area (Å²) in [5.74, 6) is 0.689. The van der Waals surface area contributed by atoms with Crippen LogP contribution in [0, 0.1) is 6.92 Å². The van der Waals surface area contributed by atoms with Crippen molar-refractivity contribution in [1.82, 2.24) is 25.0 Å². The number of carbonyl (C=O) groups is 2. The standard InChI is InChI=1S/C20H22N6O3S2/c1-14-21-16(12-30-14)11-17-23-24-20(29-17)31-13-18(27)25-7-9-26(10-8-25)19(28)22-15-5-3-2-4-6-15/h2-6,12H,7-11,13H2,1H3,(H,22,28). The van der Waals surface area contributed by atoms with Gasteiger partial charge in [-0.05, 0) is 19.1 Å². The minimum atomic E-state index is -0.152. The highest BCUT2D eigenvalue weighted by Crippen LogP contribution is 2.19. The Bertz CT molecular complexity index is 1030. The van der Waals surface area contributed by atoms with E-state index >= 15 is 0 Å². The molecule has 0 unspecified atom stereocenters. The van der Waals surface area contributed by atoms with Crippen LogP contribution >= 0.6 is 23.1 Å². The van der Waals surface area contributed by atoms with E-state index < -0.39 is 0 Å². The maximum atomic E-state index is 12.5. The lowest BCUT2D eigenvalue weighted by Gasteiger charge is -2.34. The Morgan fingerprint density at radius 3 is 2.58 bits per heavy atom. The van der Waals surface area contributed by atoms with Gasteiger partial charge in [0.15, 0.2) is 0 Å². The van der Waals surface area contributed by atoms with E-state index in [-0.39, 0.29) is 17.7 Å². The number of benzene rings is 1. The van der Waals surface area contributed by atoms with Crippen LogP contribution in [0.5, 0.6) is 0 Å². The number of aromatic nitrogens is 3. The molecule has 1 aliphatic heterocycles. The molecule has 1 aromatic carbocycles. The number of thiazole rings is 1. The van der Waals surface area contributed by atoms with E-state index in [0.717, 1.165) is 16.4 Å². The van der Waals surface area contributed by atoms with Crippen LogP contribution in [0.15, 0.2) is 45.4 Å². The molecule has 2 aromatic heterocycles. The molecule has 1 fully saturated rings. The van der Waals surface area contributed by atoms with Crippen molar-refractivity contribution < 1.29 is 14.0 Å². The summed E-state index contributed by atoms with van der Waals surface area (Å²) >= 11 is 2.80. The van der Waals surface area contributed by atoms with Gasteiger partial charge in [-0.15, -0.1) is 21.5 Å². The largest absolute Gasteiger partial charge is 0.416 e. The Morgan fingerprint density at radius 2 is 1.87 bits per heavy atom. The maximum absolute atomic E-state index is 12.5. The van der Waals surface area contributed by atoms with E-state index in [1.54, 1.807) is 21.1 Å². The van der Waals surface area contributed by atoms with Crippen molar-refractivity contribution >= 4 is 40.7 Å². The first-order valence-corrected chi connectivity index (χ1v) is 11.7. The third-order valence-corrected chi connectivity index (χ3v) is 6.34. The first-order chi connectivity index (χ1) is 15.1. The van der Waals surface area contributed by atoms with Gasteiger partial charge in [0.2, 0.25) is 11.8 Å². The van der Waals surface area contributed by atoms with Crippen LogP contribution in [0.3, 0.4) is 0 Å². The van der Waals surface area contributed by atoms with E-state index in [0.29, 0.717) is 43.7 Å². The maximum Gasteiger partial charge on any atom is 0.321 e. The lowest BCUT2D eigenvalue weighted by Crippen LogP contribution is -2.52. The number of nitrogens with one attached hydrogen (secondary N) is 1. The number of hydrogen-bond donors (Lipinski definition) is 1. The molecule has 9 nitrogen and oxygen atoms in total. The number of rotatable bonds is 6. The predicted molar refractivity (Wildman–Crippen MR) is 118 cm³/mol. The van der Waals surface area contributed by atoms with Crippen LogP contribution in [-0.4, -0.2) is 68.9 Å². The normalized spacial score (nSPS) is 14.0. The summed E-state index contributed by atoms with van der Waals surface area (Å²) in [5.41, 5.74) is 1.65. The minimum absolute atomic E-state index is 0.0111. The third-order valence-electron chi connectivity index (χ3n) is 4.71. The molecular formula is C20H22N6O3S2. The monoisotopic (exact) mass is 458 g/mol. The molecule has 3 amide bonds. The number of urea groups is 1. The van der Waals surface area contributed by atoms with Crippen LogP contribution in [0.1, 0.15) is 16.6 Å². The SMILES string of the molecule is Cc1nc(Cc2nnc(SCC(=O)N3CCN(C(=O)Nc4ccccc4)CC3)o2)cs1. The Morgan fingerprint density at radius 1 is 1.13 bits per heavy atom.